The van der Waals surface area contributed by atoms with Gasteiger partial charge < -0.3 is 5.73 Å². The van der Waals surface area contributed by atoms with Crippen molar-refractivity contribution in [3.63, 3.8) is 0 Å². The number of non-ortho nitro benzene ring substituents is 1. The molecule has 138 valence electrons. The van der Waals surface area contributed by atoms with Gasteiger partial charge in [-0.1, -0.05) is 0 Å². The van der Waals surface area contributed by atoms with E-state index >= 15 is 0 Å². The number of nitro benzene ring substituents is 1. The number of imide groups is 1. The predicted octanol–water partition coefficient (Wildman–Crippen LogP) is 0.732. The standard InChI is InChI=1S/C17H20N4O5/c1-10-8-12(21(25)26)2-3-13(10)20-15(22)9-14(17(20)24)19-6-4-11(5-7-19)16(18)23/h2-3,8,11,14H,4-7,9H2,1H3,(H2,18,23)/t14-/m1/s1. The molecule has 1 aromatic rings. The molecule has 0 aromatic heterocycles. The number of amides is 3. The Kier molecular flexibility index (Phi) is 4.73. The number of aryl methyl sites for hydroxylation is 1. The molecule has 0 radical (unpaired) electrons. The van der Waals surface area contributed by atoms with Crippen LogP contribution in [0.1, 0.15) is 24.8 Å². The first-order valence-electron chi connectivity index (χ1n) is 8.44. The monoisotopic (exact) mass is 360 g/mol. The molecular formula is C17H20N4O5. The van der Waals surface area contributed by atoms with Gasteiger partial charge in [0.2, 0.25) is 11.8 Å². The molecule has 1 atom stereocenters. The zero-order chi connectivity index (χ0) is 19.0. The number of benzene rings is 1. The maximum Gasteiger partial charge on any atom is 0.269 e. The molecule has 1 aromatic carbocycles. The number of carbonyl (C=O) groups is 3. The number of hydrogen-bond acceptors (Lipinski definition) is 6. The lowest BCUT2D eigenvalue weighted by Gasteiger charge is -2.33. The van der Waals surface area contributed by atoms with Gasteiger partial charge in [0, 0.05) is 18.1 Å². The number of rotatable bonds is 4. The fraction of sp³-hybridized carbons (Fsp3) is 0.471. The van der Waals surface area contributed by atoms with Crippen molar-refractivity contribution >= 4 is 29.1 Å². The van der Waals surface area contributed by atoms with E-state index in [0.29, 0.717) is 37.2 Å². The van der Waals surface area contributed by atoms with Crippen molar-refractivity contribution in [1.82, 2.24) is 4.90 Å². The molecule has 2 aliphatic rings. The van der Waals surface area contributed by atoms with Crippen molar-refractivity contribution < 1.29 is 19.3 Å². The average Bonchev–Trinajstić information content (AvgIpc) is 2.89. The number of nitrogens with zero attached hydrogens (tertiary/aromatic N) is 3. The number of piperidine rings is 1. The second-order valence-electron chi connectivity index (χ2n) is 6.73. The van der Waals surface area contributed by atoms with E-state index in [1.807, 2.05) is 4.90 Å². The lowest BCUT2D eigenvalue weighted by atomic mass is 9.95. The van der Waals surface area contributed by atoms with Crippen molar-refractivity contribution in [2.24, 2.45) is 11.7 Å². The van der Waals surface area contributed by atoms with Gasteiger partial charge in [-0.3, -0.25) is 29.4 Å². The molecule has 0 saturated carbocycles. The SMILES string of the molecule is Cc1cc([N+](=O)[O-])ccc1N1C(=O)C[C@@H](N2CCC(C(N)=O)CC2)C1=O. The predicted molar refractivity (Wildman–Crippen MR) is 92.2 cm³/mol. The van der Waals surface area contributed by atoms with Crippen LogP contribution >= 0.6 is 0 Å². The first kappa shape index (κ1) is 18.0. The van der Waals surface area contributed by atoms with Gasteiger partial charge in [0.25, 0.3) is 11.6 Å². The summed E-state index contributed by atoms with van der Waals surface area (Å²) in [5, 5.41) is 10.9. The first-order chi connectivity index (χ1) is 12.3. The smallest absolute Gasteiger partial charge is 0.269 e. The number of hydrogen-bond donors (Lipinski definition) is 1. The molecule has 2 N–H and O–H groups in total. The Labute approximate surface area is 149 Å². The van der Waals surface area contributed by atoms with Crippen LogP contribution in [0.5, 0.6) is 0 Å². The molecule has 0 bridgehead atoms. The van der Waals surface area contributed by atoms with Gasteiger partial charge in [0.15, 0.2) is 0 Å². The lowest BCUT2D eigenvalue weighted by Crippen LogP contribution is -2.47. The van der Waals surface area contributed by atoms with Crippen LogP contribution in [0.3, 0.4) is 0 Å². The largest absolute Gasteiger partial charge is 0.369 e. The zero-order valence-corrected chi connectivity index (χ0v) is 14.4. The molecular weight excluding hydrogens is 340 g/mol. The number of likely N-dealkylation sites (tertiary alicyclic amines) is 1. The molecule has 2 fully saturated rings. The van der Waals surface area contributed by atoms with E-state index in [4.69, 9.17) is 5.73 Å². The molecule has 2 heterocycles. The van der Waals surface area contributed by atoms with Gasteiger partial charge in [-0.25, -0.2) is 4.90 Å². The summed E-state index contributed by atoms with van der Waals surface area (Å²) in [4.78, 5) is 49.9. The highest BCUT2D eigenvalue weighted by molar-refractivity contribution is 6.22. The second-order valence-corrected chi connectivity index (χ2v) is 6.73. The van der Waals surface area contributed by atoms with Gasteiger partial charge in [0.05, 0.1) is 23.1 Å². The fourth-order valence-electron chi connectivity index (χ4n) is 3.65. The summed E-state index contributed by atoms with van der Waals surface area (Å²) in [5.74, 6) is -1.17. The van der Waals surface area contributed by atoms with Crippen LogP contribution in [0, 0.1) is 23.0 Å². The molecule has 3 rings (SSSR count). The Hall–Kier alpha value is -2.81. The van der Waals surface area contributed by atoms with Crippen LogP contribution in [0.4, 0.5) is 11.4 Å². The topological polar surface area (TPSA) is 127 Å². The van der Waals surface area contributed by atoms with E-state index in [1.54, 1.807) is 6.92 Å². The molecule has 0 aliphatic carbocycles. The van der Waals surface area contributed by atoms with Crippen LogP contribution in [0.25, 0.3) is 0 Å². The Morgan fingerprint density at radius 2 is 1.92 bits per heavy atom. The van der Waals surface area contributed by atoms with Crippen LogP contribution in [0.15, 0.2) is 18.2 Å². The summed E-state index contributed by atoms with van der Waals surface area (Å²) in [5.41, 5.74) is 6.11. The highest BCUT2D eigenvalue weighted by atomic mass is 16.6. The summed E-state index contributed by atoms with van der Waals surface area (Å²) < 4.78 is 0. The van der Waals surface area contributed by atoms with Crippen molar-refractivity contribution in [3.8, 4) is 0 Å². The molecule has 0 unspecified atom stereocenters. The fourth-order valence-corrected chi connectivity index (χ4v) is 3.65. The summed E-state index contributed by atoms with van der Waals surface area (Å²) >= 11 is 0. The number of nitro groups is 1. The number of primary amides is 1. The van der Waals surface area contributed by atoms with Crippen LogP contribution < -0.4 is 10.6 Å². The summed E-state index contributed by atoms with van der Waals surface area (Å²) in [6, 6.07) is 3.51. The zero-order valence-electron chi connectivity index (χ0n) is 14.4. The van der Waals surface area contributed by atoms with E-state index in [9.17, 15) is 24.5 Å². The maximum atomic E-state index is 12.8. The molecule has 9 nitrogen and oxygen atoms in total. The molecule has 26 heavy (non-hydrogen) atoms. The highest BCUT2D eigenvalue weighted by Crippen LogP contribution is 2.32. The van der Waals surface area contributed by atoms with Crippen LogP contribution in [-0.4, -0.2) is 46.7 Å². The number of nitrogens with two attached hydrogens (primary N) is 1. The Morgan fingerprint density at radius 1 is 1.27 bits per heavy atom. The quantitative estimate of drug-likeness (QED) is 0.479. The maximum absolute atomic E-state index is 12.8. The molecule has 2 saturated heterocycles. The van der Waals surface area contributed by atoms with E-state index in [1.165, 1.54) is 18.2 Å². The molecule has 2 aliphatic heterocycles. The van der Waals surface area contributed by atoms with Gasteiger partial charge in [-0.15, -0.1) is 0 Å². The Balaban J connectivity index is 1.78. The summed E-state index contributed by atoms with van der Waals surface area (Å²) in [7, 11) is 0. The summed E-state index contributed by atoms with van der Waals surface area (Å²) in [6.45, 7) is 2.70. The Morgan fingerprint density at radius 3 is 2.46 bits per heavy atom. The molecule has 3 amide bonds. The number of anilines is 1. The van der Waals surface area contributed by atoms with E-state index in [0.717, 1.165) is 4.90 Å². The third-order valence-corrected chi connectivity index (χ3v) is 5.13. The Bertz CT molecular complexity index is 785. The van der Waals surface area contributed by atoms with E-state index in [-0.39, 0.29) is 35.7 Å². The molecule has 9 heteroatoms. The van der Waals surface area contributed by atoms with Gasteiger partial charge in [-0.2, -0.15) is 0 Å². The minimum Gasteiger partial charge on any atom is -0.369 e. The first-order valence-corrected chi connectivity index (χ1v) is 8.44. The van der Waals surface area contributed by atoms with Gasteiger partial charge in [0.1, 0.15) is 0 Å². The average molecular weight is 360 g/mol. The van der Waals surface area contributed by atoms with E-state index in [2.05, 4.69) is 0 Å². The van der Waals surface area contributed by atoms with Crippen molar-refractivity contribution in [1.29, 1.82) is 0 Å². The van der Waals surface area contributed by atoms with Crippen molar-refractivity contribution in [3.05, 3.63) is 33.9 Å². The minimum absolute atomic E-state index is 0.0660. The second kappa shape index (κ2) is 6.83. The number of carbonyl (C=O) groups excluding carboxylic acids is 3. The van der Waals surface area contributed by atoms with Crippen molar-refractivity contribution in [2.45, 2.75) is 32.2 Å². The normalized spacial score (nSPS) is 22.0. The van der Waals surface area contributed by atoms with Crippen LogP contribution in [0.2, 0.25) is 0 Å². The molecule has 0 spiro atoms. The highest BCUT2D eigenvalue weighted by Gasteiger charge is 2.44. The third kappa shape index (κ3) is 3.17. The third-order valence-electron chi connectivity index (χ3n) is 5.13. The minimum atomic E-state index is -0.564. The van der Waals surface area contributed by atoms with Gasteiger partial charge >= 0.3 is 0 Å². The van der Waals surface area contributed by atoms with Crippen molar-refractivity contribution in [2.75, 3.05) is 18.0 Å². The lowest BCUT2D eigenvalue weighted by molar-refractivity contribution is -0.384. The van der Waals surface area contributed by atoms with E-state index < -0.39 is 11.0 Å². The van der Waals surface area contributed by atoms with Crippen LogP contribution in [-0.2, 0) is 14.4 Å². The van der Waals surface area contributed by atoms with Gasteiger partial charge in [-0.05, 0) is 44.5 Å². The summed E-state index contributed by atoms with van der Waals surface area (Å²) in [6.07, 6.45) is 1.21.